The first-order valence-electron chi connectivity index (χ1n) is 5.40. The van der Waals surface area contributed by atoms with Crippen molar-refractivity contribution in [3.8, 4) is 0 Å². The van der Waals surface area contributed by atoms with Crippen molar-refractivity contribution >= 4 is 5.95 Å². The van der Waals surface area contributed by atoms with Gasteiger partial charge in [-0.2, -0.15) is 0 Å². The van der Waals surface area contributed by atoms with Crippen molar-refractivity contribution in [1.82, 2.24) is 9.97 Å². The Morgan fingerprint density at radius 2 is 1.79 bits per heavy atom. The van der Waals surface area contributed by atoms with Gasteiger partial charge >= 0.3 is 0 Å². The molecule has 0 aliphatic carbocycles. The summed E-state index contributed by atoms with van der Waals surface area (Å²) in [5, 5.41) is 0. The number of hydrogen-bond acceptors (Lipinski definition) is 3. The maximum atomic E-state index is 4.27. The standard InChI is InChI=1S/C11H19N3/c1-3-5-10-14(9-4-2)11-12-7-6-8-13-11/h6-8H,3-5,9-10H2,1-2H3. The van der Waals surface area contributed by atoms with Crippen LogP contribution in [-0.4, -0.2) is 23.1 Å². The van der Waals surface area contributed by atoms with E-state index in [4.69, 9.17) is 0 Å². The molecule has 0 bridgehead atoms. The van der Waals surface area contributed by atoms with E-state index >= 15 is 0 Å². The van der Waals surface area contributed by atoms with Crippen LogP contribution >= 0.6 is 0 Å². The molecule has 0 saturated heterocycles. The van der Waals surface area contributed by atoms with Crippen LogP contribution in [0.5, 0.6) is 0 Å². The fraction of sp³-hybridized carbons (Fsp3) is 0.636. The molecule has 0 unspecified atom stereocenters. The summed E-state index contributed by atoms with van der Waals surface area (Å²) in [5.74, 6) is 0.864. The van der Waals surface area contributed by atoms with Crippen LogP contribution in [0.15, 0.2) is 18.5 Å². The molecule has 0 spiro atoms. The zero-order valence-electron chi connectivity index (χ0n) is 9.11. The van der Waals surface area contributed by atoms with Crippen LogP contribution in [0.25, 0.3) is 0 Å². The third-order valence-electron chi connectivity index (χ3n) is 2.11. The number of hydrogen-bond donors (Lipinski definition) is 0. The third kappa shape index (κ3) is 3.32. The Morgan fingerprint density at radius 1 is 1.07 bits per heavy atom. The SMILES string of the molecule is CCCCN(CCC)c1ncccn1. The van der Waals surface area contributed by atoms with E-state index in [1.54, 1.807) is 12.4 Å². The van der Waals surface area contributed by atoms with E-state index in [0.29, 0.717) is 0 Å². The van der Waals surface area contributed by atoms with Gasteiger partial charge < -0.3 is 4.90 Å². The van der Waals surface area contributed by atoms with Gasteiger partial charge in [-0.15, -0.1) is 0 Å². The fourth-order valence-corrected chi connectivity index (χ4v) is 1.39. The summed E-state index contributed by atoms with van der Waals surface area (Å²) in [6.45, 7) is 6.50. The largest absolute Gasteiger partial charge is 0.341 e. The lowest BCUT2D eigenvalue weighted by molar-refractivity contribution is 0.686. The van der Waals surface area contributed by atoms with Gasteiger partial charge in [0.05, 0.1) is 0 Å². The van der Waals surface area contributed by atoms with Crippen molar-refractivity contribution in [2.45, 2.75) is 33.1 Å². The first-order chi connectivity index (χ1) is 6.88. The summed E-state index contributed by atoms with van der Waals surface area (Å²) in [7, 11) is 0. The zero-order valence-corrected chi connectivity index (χ0v) is 9.11. The Hall–Kier alpha value is -1.12. The number of nitrogens with zero attached hydrogens (tertiary/aromatic N) is 3. The van der Waals surface area contributed by atoms with Gasteiger partial charge in [-0.3, -0.25) is 0 Å². The average Bonchev–Trinajstić information content (AvgIpc) is 2.25. The Balaban J connectivity index is 2.58. The minimum atomic E-state index is 0.864. The smallest absolute Gasteiger partial charge is 0.225 e. The Labute approximate surface area is 86.2 Å². The lowest BCUT2D eigenvalue weighted by Gasteiger charge is -2.21. The molecule has 0 saturated carbocycles. The lowest BCUT2D eigenvalue weighted by atomic mass is 10.3. The average molecular weight is 193 g/mol. The molecule has 0 N–H and O–H groups in total. The number of unbranched alkanes of at least 4 members (excludes halogenated alkanes) is 1. The second-order valence-electron chi connectivity index (χ2n) is 3.39. The lowest BCUT2D eigenvalue weighted by Crippen LogP contribution is -2.26. The van der Waals surface area contributed by atoms with Gasteiger partial charge in [0.1, 0.15) is 0 Å². The molecule has 1 aromatic rings. The molecular weight excluding hydrogens is 174 g/mol. The second kappa shape index (κ2) is 6.35. The first-order valence-corrected chi connectivity index (χ1v) is 5.40. The van der Waals surface area contributed by atoms with Gasteiger partial charge in [0, 0.05) is 25.5 Å². The van der Waals surface area contributed by atoms with E-state index in [9.17, 15) is 0 Å². The molecule has 1 heterocycles. The normalized spacial score (nSPS) is 10.1. The van der Waals surface area contributed by atoms with Crippen LogP contribution < -0.4 is 4.90 Å². The predicted molar refractivity (Wildman–Crippen MR) is 59.4 cm³/mol. The van der Waals surface area contributed by atoms with Crippen molar-refractivity contribution in [3.63, 3.8) is 0 Å². The van der Waals surface area contributed by atoms with E-state index in [0.717, 1.165) is 25.5 Å². The Kier molecular flexibility index (Phi) is 4.97. The van der Waals surface area contributed by atoms with Crippen molar-refractivity contribution in [2.24, 2.45) is 0 Å². The molecule has 3 heteroatoms. The molecule has 0 atom stereocenters. The van der Waals surface area contributed by atoms with Crippen LogP contribution in [0, 0.1) is 0 Å². The monoisotopic (exact) mass is 193 g/mol. The van der Waals surface area contributed by atoms with E-state index in [1.165, 1.54) is 12.8 Å². The molecule has 0 fully saturated rings. The minimum Gasteiger partial charge on any atom is -0.341 e. The van der Waals surface area contributed by atoms with Crippen molar-refractivity contribution in [2.75, 3.05) is 18.0 Å². The molecule has 1 aromatic heterocycles. The third-order valence-corrected chi connectivity index (χ3v) is 2.11. The highest BCUT2D eigenvalue weighted by Gasteiger charge is 2.05. The highest BCUT2D eigenvalue weighted by molar-refractivity contribution is 5.27. The van der Waals surface area contributed by atoms with E-state index in [2.05, 4.69) is 28.7 Å². The second-order valence-corrected chi connectivity index (χ2v) is 3.39. The molecule has 14 heavy (non-hydrogen) atoms. The van der Waals surface area contributed by atoms with Gasteiger partial charge in [0.15, 0.2) is 0 Å². The minimum absolute atomic E-state index is 0.864. The van der Waals surface area contributed by atoms with Gasteiger partial charge in [0.2, 0.25) is 5.95 Å². The van der Waals surface area contributed by atoms with Crippen molar-refractivity contribution < 1.29 is 0 Å². The topological polar surface area (TPSA) is 29.0 Å². The molecule has 0 aromatic carbocycles. The van der Waals surface area contributed by atoms with Crippen LogP contribution in [0.1, 0.15) is 33.1 Å². The van der Waals surface area contributed by atoms with Crippen LogP contribution in [0.4, 0.5) is 5.95 Å². The Bertz CT molecular complexity index is 236. The van der Waals surface area contributed by atoms with Gasteiger partial charge in [-0.1, -0.05) is 20.3 Å². The van der Waals surface area contributed by atoms with E-state index < -0.39 is 0 Å². The zero-order chi connectivity index (χ0) is 10.2. The van der Waals surface area contributed by atoms with E-state index in [1.807, 2.05) is 6.07 Å². The van der Waals surface area contributed by atoms with Gasteiger partial charge in [0.25, 0.3) is 0 Å². The Morgan fingerprint density at radius 3 is 2.36 bits per heavy atom. The summed E-state index contributed by atoms with van der Waals surface area (Å²) in [5.41, 5.74) is 0. The van der Waals surface area contributed by atoms with E-state index in [-0.39, 0.29) is 0 Å². The highest BCUT2D eigenvalue weighted by atomic mass is 15.2. The summed E-state index contributed by atoms with van der Waals surface area (Å²) >= 11 is 0. The van der Waals surface area contributed by atoms with Crippen molar-refractivity contribution in [1.29, 1.82) is 0 Å². The van der Waals surface area contributed by atoms with Crippen LogP contribution in [0.2, 0.25) is 0 Å². The summed E-state index contributed by atoms with van der Waals surface area (Å²) in [4.78, 5) is 10.8. The van der Waals surface area contributed by atoms with Crippen molar-refractivity contribution in [3.05, 3.63) is 18.5 Å². The van der Waals surface area contributed by atoms with Crippen LogP contribution in [-0.2, 0) is 0 Å². The molecule has 0 amide bonds. The van der Waals surface area contributed by atoms with Gasteiger partial charge in [-0.05, 0) is 18.9 Å². The highest BCUT2D eigenvalue weighted by Crippen LogP contribution is 2.07. The fourth-order valence-electron chi connectivity index (χ4n) is 1.39. The predicted octanol–water partition coefficient (Wildman–Crippen LogP) is 2.49. The molecule has 3 nitrogen and oxygen atoms in total. The summed E-state index contributed by atoms with van der Waals surface area (Å²) in [6, 6.07) is 1.85. The molecule has 78 valence electrons. The summed E-state index contributed by atoms with van der Waals surface area (Å²) < 4.78 is 0. The number of aromatic nitrogens is 2. The molecule has 1 rings (SSSR count). The summed E-state index contributed by atoms with van der Waals surface area (Å²) in [6.07, 6.45) is 7.17. The molecule has 0 aliphatic rings. The first kappa shape index (κ1) is 11.0. The maximum absolute atomic E-state index is 4.27. The number of anilines is 1. The number of rotatable bonds is 6. The maximum Gasteiger partial charge on any atom is 0.225 e. The van der Waals surface area contributed by atoms with Crippen LogP contribution in [0.3, 0.4) is 0 Å². The molecular formula is C11H19N3. The quantitative estimate of drug-likeness (QED) is 0.695. The molecule has 0 aliphatic heterocycles. The molecule has 0 radical (unpaired) electrons. The van der Waals surface area contributed by atoms with Gasteiger partial charge in [-0.25, -0.2) is 9.97 Å².